The first kappa shape index (κ1) is 13.0. The summed E-state index contributed by atoms with van der Waals surface area (Å²) in [7, 11) is 0. The van der Waals surface area contributed by atoms with E-state index in [9.17, 15) is 0 Å². The SMILES string of the molecule is CC(C)n1c(CN)nnc1C1C2CCc3ccccc3C21. The summed E-state index contributed by atoms with van der Waals surface area (Å²) in [5.74, 6) is 3.98. The Balaban J connectivity index is 1.73. The lowest BCUT2D eigenvalue weighted by Gasteiger charge is -2.13. The van der Waals surface area contributed by atoms with Crippen molar-refractivity contribution in [3.63, 3.8) is 0 Å². The number of hydrogen-bond donors (Lipinski definition) is 1. The van der Waals surface area contributed by atoms with Gasteiger partial charge in [0, 0.05) is 12.0 Å². The number of fused-ring (bicyclic) bond motifs is 3. The van der Waals surface area contributed by atoms with E-state index in [-0.39, 0.29) is 0 Å². The molecule has 3 atom stereocenters. The van der Waals surface area contributed by atoms with Crippen LogP contribution in [0.5, 0.6) is 0 Å². The minimum atomic E-state index is 0.367. The first-order valence-electron chi connectivity index (χ1n) is 7.94. The van der Waals surface area contributed by atoms with Gasteiger partial charge in [0.15, 0.2) is 0 Å². The number of nitrogens with two attached hydrogens (primary N) is 1. The third-order valence-corrected chi connectivity index (χ3v) is 5.12. The van der Waals surface area contributed by atoms with E-state index in [1.807, 2.05) is 0 Å². The van der Waals surface area contributed by atoms with Gasteiger partial charge in [0.2, 0.25) is 0 Å². The maximum absolute atomic E-state index is 5.82. The molecule has 110 valence electrons. The molecule has 1 saturated carbocycles. The van der Waals surface area contributed by atoms with Crippen molar-refractivity contribution in [3.05, 3.63) is 47.0 Å². The van der Waals surface area contributed by atoms with Gasteiger partial charge in [0.25, 0.3) is 0 Å². The third-order valence-electron chi connectivity index (χ3n) is 5.12. The third kappa shape index (κ3) is 1.85. The summed E-state index contributed by atoms with van der Waals surface area (Å²) in [4.78, 5) is 0. The molecule has 2 aliphatic rings. The van der Waals surface area contributed by atoms with E-state index in [1.54, 1.807) is 0 Å². The Hall–Kier alpha value is -1.68. The Kier molecular flexibility index (Phi) is 2.89. The van der Waals surface area contributed by atoms with Gasteiger partial charge in [-0.05, 0) is 49.7 Å². The molecule has 0 amide bonds. The van der Waals surface area contributed by atoms with Gasteiger partial charge in [-0.3, -0.25) is 0 Å². The Bertz CT molecular complexity index is 673. The molecule has 0 saturated heterocycles. The number of nitrogens with zero attached hydrogens (tertiary/aromatic N) is 3. The minimum Gasteiger partial charge on any atom is -0.324 e. The van der Waals surface area contributed by atoms with E-state index >= 15 is 0 Å². The second kappa shape index (κ2) is 4.67. The van der Waals surface area contributed by atoms with Crippen LogP contribution in [0.2, 0.25) is 0 Å². The smallest absolute Gasteiger partial charge is 0.147 e. The molecule has 0 aliphatic heterocycles. The van der Waals surface area contributed by atoms with Crippen LogP contribution in [0.3, 0.4) is 0 Å². The number of hydrogen-bond acceptors (Lipinski definition) is 3. The lowest BCUT2D eigenvalue weighted by Crippen LogP contribution is -2.13. The number of aryl methyl sites for hydroxylation is 1. The monoisotopic (exact) mass is 282 g/mol. The molecule has 0 bridgehead atoms. The fourth-order valence-electron chi connectivity index (χ4n) is 4.18. The Labute approximate surface area is 125 Å². The highest BCUT2D eigenvalue weighted by Gasteiger charge is 2.56. The summed E-state index contributed by atoms with van der Waals surface area (Å²) in [6.45, 7) is 4.84. The lowest BCUT2D eigenvalue weighted by atomic mass is 9.92. The maximum atomic E-state index is 5.82. The molecule has 21 heavy (non-hydrogen) atoms. The molecule has 4 rings (SSSR count). The van der Waals surface area contributed by atoms with Crippen molar-refractivity contribution in [2.24, 2.45) is 11.7 Å². The van der Waals surface area contributed by atoms with Crippen LogP contribution in [-0.2, 0) is 13.0 Å². The number of benzene rings is 1. The molecular weight excluding hydrogens is 260 g/mol. The summed E-state index contributed by atoms with van der Waals surface area (Å²) >= 11 is 0. The summed E-state index contributed by atoms with van der Waals surface area (Å²) in [6.07, 6.45) is 2.47. The van der Waals surface area contributed by atoms with Crippen LogP contribution in [0.15, 0.2) is 24.3 Å². The summed E-state index contributed by atoms with van der Waals surface area (Å²) in [6, 6.07) is 9.26. The first-order chi connectivity index (χ1) is 10.2. The minimum absolute atomic E-state index is 0.367. The average molecular weight is 282 g/mol. The fourth-order valence-corrected chi connectivity index (χ4v) is 4.18. The summed E-state index contributed by atoms with van der Waals surface area (Å²) in [5, 5.41) is 8.82. The van der Waals surface area contributed by atoms with Crippen LogP contribution in [0.25, 0.3) is 0 Å². The predicted molar refractivity (Wildman–Crippen MR) is 82.0 cm³/mol. The van der Waals surface area contributed by atoms with Gasteiger partial charge in [0.1, 0.15) is 11.6 Å². The van der Waals surface area contributed by atoms with E-state index in [2.05, 4.69) is 52.9 Å². The molecule has 1 heterocycles. The Morgan fingerprint density at radius 3 is 2.81 bits per heavy atom. The largest absolute Gasteiger partial charge is 0.324 e. The van der Waals surface area contributed by atoms with Gasteiger partial charge in [-0.25, -0.2) is 0 Å². The fraction of sp³-hybridized carbons (Fsp3) is 0.529. The van der Waals surface area contributed by atoms with Crippen molar-refractivity contribution in [1.29, 1.82) is 0 Å². The normalized spacial score (nSPS) is 26.6. The van der Waals surface area contributed by atoms with Gasteiger partial charge >= 0.3 is 0 Å². The van der Waals surface area contributed by atoms with E-state index in [1.165, 1.54) is 24.0 Å². The molecule has 4 nitrogen and oxygen atoms in total. The van der Waals surface area contributed by atoms with E-state index in [0.29, 0.717) is 24.4 Å². The maximum Gasteiger partial charge on any atom is 0.147 e. The van der Waals surface area contributed by atoms with Crippen molar-refractivity contribution in [2.75, 3.05) is 0 Å². The van der Waals surface area contributed by atoms with Gasteiger partial charge in [-0.1, -0.05) is 24.3 Å². The molecule has 2 aliphatic carbocycles. The number of rotatable bonds is 3. The zero-order valence-electron chi connectivity index (χ0n) is 12.7. The van der Waals surface area contributed by atoms with Crippen LogP contribution in [0, 0.1) is 5.92 Å². The van der Waals surface area contributed by atoms with Gasteiger partial charge in [-0.2, -0.15) is 0 Å². The number of aromatic nitrogens is 3. The molecule has 0 radical (unpaired) electrons. The van der Waals surface area contributed by atoms with Gasteiger partial charge < -0.3 is 10.3 Å². The molecule has 4 heteroatoms. The first-order valence-corrected chi connectivity index (χ1v) is 7.94. The highest BCUT2D eigenvalue weighted by atomic mass is 15.3. The van der Waals surface area contributed by atoms with Crippen molar-refractivity contribution in [2.45, 2.75) is 51.1 Å². The molecular formula is C17H22N4. The predicted octanol–water partition coefficient (Wildman–Crippen LogP) is 2.76. The second-order valence-corrected chi connectivity index (χ2v) is 6.60. The molecule has 1 fully saturated rings. The van der Waals surface area contributed by atoms with E-state index in [0.717, 1.165) is 17.6 Å². The summed E-state index contributed by atoms with van der Waals surface area (Å²) < 4.78 is 2.26. The van der Waals surface area contributed by atoms with Gasteiger partial charge in [-0.15, -0.1) is 10.2 Å². The van der Waals surface area contributed by atoms with Crippen molar-refractivity contribution in [3.8, 4) is 0 Å². The quantitative estimate of drug-likeness (QED) is 0.941. The summed E-state index contributed by atoms with van der Waals surface area (Å²) in [5.41, 5.74) is 8.88. The molecule has 1 aromatic carbocycles. The van der Waals surface area contributed by atoms with Crippen molar-refractivity contribution < 1.29 is 0 Å². The lowest BCUT2D eigenvalue weighted by molar-refractivity contribution is 0.536. The van der Waals surface area contributed by atoms with Crippen LogP contribution < -0.4 is 5.73 Å². The molecule has 2 N–H and O–H groups in total. The molecule has 1 aromatic heterocycles. The van der Waals surface area contributed by atoms with Crippen LogP contribution >= 0.6 is 0 Å². The molecule has 0 spiro atoms. The second-order valence-electron chi connectivity index (χ2n) is 6.60. The Morgan fingerprint density at radius 1 is 1.24 bits per heavy atom. The highest BCUT2D eigenvalue weighted by molar-refractivity contribution is 5.43. The van der Waals surface area contributed by atoms with Crippen molar-refractivity contribution >= 4 is 0 Å². The van der Waals surface area contributed by atoms with E-state index < -0.39 is 0 Å². The van der Waals surface area contributed by atoms with Crippen LogP contribution in [-0.4, -0.2) is 14.8 Å². The molecule has 2 aromatic rings. The van der Waals surface area contributed by atoms with Crippen LogP contribution in [0.4, 0.5) is 0 Å². The van der Waals surface area contributed by atoms with Crippen LogP contribution in [0.1, 0.15) is 60.9 Å². The average Bonchev–Trinajstić information content (AvgIpc) is 3.08. The molecule has 3 unspecified atom stereocenters. The highest BCUT2D eigenvalue weighted by Crippen LogP contribution is 2.64. The zero-order chi connectivity index (χ0) is 14.6. The standard InChI is InChI=1S/C17H22N4/c1-10(2)21-14(9-18)19-20-17(21)16-13-8-7-11-5-3-4-6-12(11)15(13)16/h3-6,10,13,15-16H,7-9,18H2,1-2H3. The Morgan fingerprint density at radius 2 is 2.05 bits per heavy atom. The van der Waals surface area contributed by atoms with Crippen molar-refractivity contribution in [1.82, 2.24) is 14.8 Å². The van der Waals surface area contributed by atoms with Gasteiger partial charge in [0.05, 0.1) is 6.54 Å². The topological polar surface area (TPSA) is 56.7 Å². The van der Waals surface area contributed by atoms with E-state index in [4.69, 9.17) is 5.73 Å². The zero-order valence-corrected chi connectivity index (χ0v) is 12.7.